The van der Waals surface area contributed by atoms with Crippen molar-refractivity contribution in [2.24, 2.45) is 0 Å². The minimum Gasteiger partial charge on any atom is -0.340 e. The van der Waals surface area contributed by atoms with Gasteiger partial charge in [-0.2, -0.15) is 10.2 Å². The summed E-state index contributed by atoms with van der Waals surface area (Å²) >= 11 is 1.60. The third-order valence-corrected chi connectivity index (χ3v) is 6.11. The number of benzene rings is 1. The predicted molar refractivity (Wildman–Crippen MR) is 121 cm³/mol. The number of hydrogen-bond donors (Lipinski definition) is 2. The maximum atomic E-state index is 13.2. The normalized spacial score (nSPS) is 12.1. The largest absolute Gasteiger partial charge is 0.340 e. The van der Waals surface area contributed by atoms with Gasteiger partial charge in [0.2, 0.25) is 0 Å². The van der Waals surface area contributed by atoms with E-state index in [1.807, 2.05) is 17.5 Å². The summed E-state index contributed by atoms with van der Waals surface area (Å²) in [5.41, 5.74) is 3.07. The fraction of sp³-hybridized carbons (Fsp3) is 0.217. The van der Waals surface area contributed by atoms with Gasteiger partial charge in [0.1, 0.15) is 0 Å². The molecule has 7 nitrogen and oxygen atoms in total. The van der Waals surface area contributed by atoms with Gasteiger partial charge < -0.3 is 5.32 Å². The Morgan fingerprint density at radius 1 is 1.10 bits per heavy atom. The van der Waals surface area contributed by atoms with Crippen LogP contribution in [0.4, 0.5) is 0 Å². The van der Waals surface area contributed by atoms with Crippen molar-refractivity contribution in [3.05, 3.63) is 97.7 Å². The quantitative estimate of drug-likeness (QED) is 0.481. The van der Waals surface area contributed by atoms with E-state index in [1.165, 1.54) is 22.5 Å². The maximum Gasteiger partial charge on any atom is 0.264 e. The molecule has 0 saturated carbocycles. The lowest BCUT2D eigenvalue weighted by molar-refractivity contribution is 0.0943. The third kappa shape index (κ3) is 4.34. The number of aromatic nitrogens is 4. The molecule has 0 aliphatic heterocycles. The van der Waals surface area contributed by atoms with E-state index in [0.29, 0.717) is 23.0 Å². The van der Waals surface area contributed by atoms with E-state index in [2.05, 4.69) is 58.7 Å². The monoisotopic (exact) mass is 433 g/mol. The molecule has 0 aliphatic carbocycles. The van der Waals surface area contributed by atoms with Crippen LogP contribution in [0.5, 0.6) is 0 Å². The number of thiophene rings is 1. The summed E-state index contributed by atoms with van der Waals surface area (Å²) in [6.45, 7) is 6.11. The molecule has 0 saturated heterocycles. The van der Waals surface area contributed by atoms with Crippen LogP contribution in [0, 0.1) is 6.92 Å². The van der Waals surface area contributed by atoms with Crippen molar-refractivity contribution in [2.75, 3.05) is 0 Å². The first-order valence-corrected chi connectivity index (χ1v) is 10.9. The minimum absolute atomic E-state index is 0.223. The highest BCUT2D eigenvalue weighted by atomic mass is 32.1. The second-order valence-corrected chi connectivity index (χ2v) is 8.56. The van der Waals surface area contributed by atoms with Crippen molar-refractivity contribution in [1.82, 2.24) is 25.3 Å². The second-order valence-electron chi connectivity index (χ2n) is 7.58. The Morgan fingerprint density at radius 3 is 2.45 bits per heavy atom. The van der Waals surface area contributed by atoms with E-state index < -0.39 is 0 Å². The molecule has 1 aromatic carbocycles. The van der Waals surface area contributed by atoms with Crippen LogP contribution in [0.1, 0.15) is 57.9 Å². The number of H-pyrrole nitrogens is 1. The minimum atomic E-state index is -0.297. The molecule has 0 bridgehead atoms. The lowest BCUT2D eigenvalue weighted by atomic mass is 9.98. The Hall–Kier alpha value is -3.52. The second kappa shape index (κ2) is 8.69. The van der Waals surface area contributed by atoms with Crippen LogP contribution in [0.25, 0.3) is 5.82 Å². The molecule has 0 spiro atoms. The predicted octanol–water partition coefficient (Wildman–Crippen LogP) is 3.97. The lowest BCUT2D eigenvalue weighted by Gasteiger charge is -2.19. The molecule has 0 fully saturated rings. The Kier molecular flexibility index (Phi) is 5.81. The number of carbonyl (C=O) groups excluding carboxylic acids is 1. The number of nitrogens with zero attached hydrogens (tertiary/aromatic N) is 3. The van der Waals surface area contributed by atoms with Crippen LogP contribution in [-0.2, 0) is 0 Å². The number of aromatic amines is 1. The van der Waals surface area contributed by atoms with Gasteiger partial charge in [-0.05, 0) is 41.5 Å². The van der Waals surface area contributed by atoms with Crippen LogP contribution in [0.3, 0.4) is 0 Å². The van der Waals surface area contributed by atoms with Gasteiger partial charge in [0, 0.05) is 10.9 Å². The lowest BCUT2D eigenvalue weighted by Crippen LogP contribution is -2.29. The van der Waals surface area contributed by atoms with E-state index in [1.54, 1.807) is 24.3 Å². The van der Waals surface area contributed by atoms with Gasteiger partial charge in [-0.3, -0.25) is 9.59 Å². The van der Waals surface area contributed by atoms with E-state index >= 15 is 0 Å². The highest BCUT2D eigenvalue weighted by Gasteiger charge is 2.22. The highest BCUT2D eigenvalue weighted by molar-refractivity contribution is 7.10. The highest BCUT2D eigenvalue weighted by Crippen LogP contribution is 2.28. The first-order valence-electron chi connectivity index (χ1n) is 9.99. The van der Waals surface area contributed by atoms with Gasteiger partial charge in [0.05, 0.1) is 23.5 Å². The molecular weight excluding hydrogens is 410 g/mol. The van der Waals surface area contributed by atoms with Crippen LogP contribution in [0.15, 0.2) is 64.9 Å². The standard InChI is InChI=1S/C23H23N5O2S/c1-14(2)16-6-8-17(9-7-16)22(19-5-4-12-31-19)25-23(30)18-13-24-28(15(18)3)20-10-11-21(29)27-26-20/h4-14,22H,1-3H3,(H,25,30)(H,27,29). The molecule has 4 rings (SSSR count). The molecule has 0 radical (unpaired) electrons. The Labute approximate surface area is 183 Å². The Morgan fingerprint density at radius 2 is 1.84 bits per heavy atom. The van der Waals surface area contributed by atoms with Crippen molar-refractivity contribution >= 4 is 17.2 Å². The van der Waals surface area contributed by atoms with Crippen LogP contribution in [-0.4, -0.2) is 25.9 Å². The summed E-state index contributed by atoms with van der Waals surface area (Å²) in [6, 6.07) is 15.0. The zero-order chi connectivity index (χ0) is 22.0. The SMILES string of the molecule is Cc1c(C(=O)NC(c2ccc(C(C)C)cc2)c2cccs2)cnn1-c1ccc(=O)[nH]n1. The number of hydrogen-bond acceptors (Lipinski definition) is 5. The van der Waals surface area contributed by atoms with E-state index in [4.69, 9.17) is 0 Å². The average Bonchev–Trinajstić information content (AvgIpc) is 3.43. The zero-order valence-electron chi connectivity index (χ0n) is 17.5. The topological polar surface area (TPSA) is 92.7 Å². The molecule has 8 heteroatoms. The first kappa shape index (κ1) is 20.7. The summed E-state index contributed by atoms with van der Waals surface area (Å²) in [5, 5.41) is 15.8. The van der Waals surface area contributed by atoms with Crippen LogP contribution >= 0.6 is 11.3 Å². The van der Waals surface area contributed by atoms with Crippen molar-refractivity contribution in [3.63, 3.8) is 0 Å². The molecule has 3 heterocycles. The van der Waals surface area contributed by atoms with Crippen molar-refractivity contribution in [3.8, 4) is 5.82 Å². The first-order chi connectivity index (χ1) is 14.9. The molecular formula is C23H23N5O2S. The van der Waals surface area contributed by atoms with Crippen molar-refractivity contribution in [2.45, 2.75) is 32.7 Å². The van der Waals surface area contributed by atoms with E-state index in [-0.39, 0.29) is 17.5 Å². The molecule has 31 heavy (non-hydrogen) atoms. The van der Waals surface area contributed by atoms with Gasteiger partial charge >= 0.3 is 0 Å². The molecule has 2 N–H and O–H groups in total. The molecule has 1 unspecified atom stereocenters. The fourth-order valence-electron chi connectivity index (χ4n) is 3.38. The van der Waals surface area contributed by atoms with Crippen LogP contribution in [0.2, 0.25) is 0 Å². The molecule has 158 valence electrons. The van der Waals surface area contributed by atoms with Crippen molar-refractivity contribution < 1.29 is 4.79 Å². The van der Waals surface area contributed by atoms with Gasteiger partial charge in [0.15, 0.2) is 5.82 Å². The van der Waals surface area contributed by atoms with Gasteiger partial charge in [0.25, 0.3) is 11.5 Å². The van der Waals surface area contributed by atoms with Gasteiger partial charge in [-0.25, -0.2) is 9.78 Å². The maximum absolute atomic E-state index is 13.2. The number of amides is 1. The number of carbonyl (C=O) groups is 1. The molecule has 4 aromatic rings. The van der Waals surface area contributed by atoms with E-state index in [0.717, 1.165) is 10.4 Å². The zero-order valence-corrected chi connectivity index (χ0v) is 18.3. The average molecular weight is 434 g/mol. The summed E-state index contributed by atoms with van der Waals surface area (Å²) in [7, 11) is 0. The number of nitrogens with one attached hydrogen (secondary N) is 2. The van der Waals surface area contributed by atoms with Crippen LogP contribution < -0.4 is 10.9 Å². The smallest absolute Gasteiger partial charge is 0.264 e. The summed E-state index contributed by atoms with van der Waals surface area (Å²) in [5.74, 6) is 0.661. The van der Waals surface area contributed by atoms with Gasteiger partial charge in [-0.1, -0.05) is 44.2 Å². The fourth-order valence-corrected chi connectivity index (χ4v) is 4.18. The Balaban J connectivity index is 1.63. The summed E-state index contributed by atoms with van der Waals surface area (Å²) < 4.78 is 1.53. The number of rotatable bonds is 6. The molecule has 3 aromatic heterocycles. The third-order valence-electron chi connectivity index (χ3n) is 5.18. The molecule has 0 aliphatic rings. The molecule has 1 atom stereocenters. The summed E-state index contributed by atoms with van der Waals surface area (Å²) in [4.78, 5) is 25.5. The van der Waals surface area contributed by atoms with Gasteiger partial charge in [-0.15, -0.1) is 11.3 Å². The Bertz CT molecular complexity index is 1220. The molecule has 1 amide bonds. The van der Waals surface area contributed by atoms with E-state index in [9.17, 15) is 9.59 Å². The van der Waals surface area contributed by atoms with Crippen molar-refractivity contribution in [1.29, 1.82) is 0 Å². The summed E-state index contributed by atoms with van der Waals surface area (Å²) in [6.07, 6.45) is 1.52.